The topological polar surface area (TPSA) is 116 Å². The number of nitriles is 1. The number of carbonyl (C=O) groups excluding carboxylic acids is 1. The van der Waals surface area contributed by atoms with Crippen LogP contribution >= 0.6 is 11.6 Å². The van der Waals surface area contributed by atoms with E-state index in [1.165, 1.54) is 31.2 Å². The van der Waals surface area contributed by atoms with Crippen LogP contribution in [0.2, 0.25) is 5.02 Å². The van der Waals surface area contributed by atoms with Crippen LogP contribution in [0.4, 0.5) is 18.9 Å². The number of carbonyl (C=O) groups is 2. The Morgan fingerprint density at radius 3 is 2.63 bits per heavy atom. The number of hydrogen-bond donors (Lipinski definition) is 1. The minimum absolute atomic E-state index is 0.00907. The summed E-state index contributed by atoms with van der Waals surface area (Å²) in [5.41, 5.74) is -0.965. The third kappa shape index (κ3) is 7.01. The highest BCUT2D eigenvalue weighted by Gasteiger charge is 2.34. The van der Waals surface area contributed by atoms with Crippen molar-refractivity contribution in [1.29, 1.82) is 5.26 Å². The van der Waals surface area contributed by atoms with Gasteiger partial charge in [0.15, 0.2) is 0 Å². The number of carboxylic acid groups (broad SMARTS) is 1. The molecule has 3 aromatic rings. The van der Waals surface area contributed by atoms with Gasteiger partial charge in [-0.2, -0.15) is 18.4 Å². The lowest BCUT2D eigenvalue weighted by Gasteiger charge is -2.23. The molecule has 1 aromatic heterocycles. The van der Waals surface area contributed by atoms with Crippen molar-refractivity contribution in [3.8, 4) is 28.7 Å². The molecule has 1 N–H and O–H groups in total. The minimum Gasteiger partial charge on any atom is -0.495 e. The number of amides is 1. The lowest BCUT2D eigenvalue weighted by molar-refractivity contribution is -0.142. The number of rotatable bonds is 10. The number of pyridine rings is 1. The molecule has 1 aliphatic rings. The second-order valence-corrected chi connectivity index (χ2v) is 10.2. The van der Waals surface area contributed by atoms with E-state index >= 15 is 0 Å². The molecule has 1 aliphatic heterocycles. The number of aromatic nitrogens is 1. The molecule has 1 unspecified atom stereocenters. The van der Waals surface area contributed by atoms with Gasteiger partial charge in [0.1, 0.15) is 23.2 Å². The van der Waals surface area contributed by atoms with Gasteiger partial charge in [-0.1, -0.05) is 23.7 Å². The van der Waals surface area contributed by atoms with Crippen LogP contribution in [-0.4, -0.2) is 66.8 Å². The van der Waals surface area contributed by atoms with Crippen LogP contribution in [-0.2, 0) is 11.0 Å². The monoisotopic (exact) mass is 616 g/mol. The normalized spacial score (nSPS) is 15.1. The molecule has 0 aliphatic carbocycles. The fourth-order valence-electron chi connectivity index (χ4n) is 4.99. The number of aliphatic carboxylic acids is 1. The van der Waals surface area contributed by atoms with E-state index in [9.17, 15) is 33.1 Å². The van der Waals surface area contributed by atoms with Gasteiger partial charge in [-0.05, 0) is 50.1 Å². The Morgan fingerprint density at radius 2 is 1.95 bits per heavy atom. The summed E-state index contributed by atoms with van der Waals surface area (Å²) in [5.74, 6) is -0.883. The van der Waals surface area contributed by atoms with E-state index in [4.69, 9.17) is 21.1 Å². The lowest BCUT2D eigenvalue weighted by Crippen LogP contribution is -2.37. The van der Waals surface area contributed by atoms with Crippen LogP contribution in [0.15, 0.2) is 48.7 Å². The average Bonchev–Trinajstić information content (AvgIpc) is 3.47. The van der Waals surface area contributed by atoms with Crippen molar-refractivity contribution in [2.75, 3.05) is 38.8 Å². The van der Waals surface area contributed by atoms with Gasteiger partial charge in [0.2, 0.25) is 0 Å². The van der Waals surface area contributed by atoms with Crippen LogP contribution in [0.5, 0.6) is 11.5 Å². The molecule has 9 nitrogen and oxygen atoms in total. The average molecular weight is 617 g/mol. The summed E-state index contributed by atoms with van der Waals surface area (Å²) < 4.78 is 51.1. The number of benzene rings is 2. The summed E-state index contributed by atoms with van der Waals surface area (Å²) in [6.07, 6.45) is -2.04. The summed E-state index contributed by atoms with van der Waals surface area (Å²) in [4.78, 5) is 32.0. The Hall–Kier alpha value is -4.34. The second-order valence-electron chi connectivity index (χ2n) is 9.82. The molecule has 0 saturated carbocycles. The number of likely N-dealkylation sites (tertiary alicyclic amines) is 1. The molecule has 13 heteroatoms. The molecule has 2 aromatic carbocycles. The SMILES string of the molecule is COc1ccccc1N(C)C(=O)c1cc(-c2cnc(C(F)(F)F)cc2C#N)c(Cl)cc1OCCCN1CCCC1C(=O)O. The Morgan fingerprint density at radius 1 is 1.21 bits per heavy atom. The highest BCUT2D eigenvalue weighted by atomic mass is 35.5. The molecule has 1 atom stereocenters. The lowest BCUT2D eigenvalue weighted by atomic mass is 9.98. The van der Waals surface area contributed by atoms with Crippen LogP contribution in [0, 0.1) is 11.3 Å². The van der Waals surface area contributed by atoms with Crippen LogP contribution in [0.1, 0.15) is 40.9 Å². The fourth-order valence-corrected chi connectivity index (χ4v) is 5.24. The predicted octanol–water partition coefficient (Wildman–Crippen LogP) is 5.90. The molecule has 2 heterocycles. The van der Waals surface area contributed by atoms with E-state index in [1.54, 1.807) is 30.3 Å². The van der Waals surface area contributed by atoms with Crippen LogP contribution in [0.3, 0.4) is 0 Å². The fraction of sp³-hybridized carbons (Fsp3) is 0.333. The van der Waals surface area contributed by atoms with Crippen molar-refractivity contribution in [1.82, 2.24) is 9.88 Å². The first-order valence-corrected chi connectivity index (χ1v) is 13.7. The summed E-state index contributed by atoms with van der Waals surface area (Å²) in [6, 6.07) is 11.4. The maximum absolute atomic E-state index is 13.9. The maximum atomic E-state index is 13.9. The molecule has 43 heavy (non-hydrogen) atoms. The van der Waals surface area contributed by atoms with Crippen molar-refractivity contribution < 1.29 is 37.3 Å². The van der Waals surface area contributed by atoms with Gasteiger partial charge < -0.3 is 19.5 Å². The van der Waals surface area contributed by atoms with Crippen molar-refractivity contribution in [2.24, 2.45) is 0 Å². The van der Waals surface area contributed by atoms with Crippen molar-refractivity contribution in [3.63, 3.8) is 0 Å². The van der Waals surface area contributed by atoms with Crippen molar-refractivity contribution >= 4 is 29.2 Å². The van der Waals surface area contributed by atoms with Gasteiger partial charge in [-0.3, -0.25) is 19.5 Å². The quantitative estimate of drug-likeness (QED) is 0.280. The largest absolute Gasteiger partial charge is 0.495 e. The Labute approximate surface area is 251 Å². The highest BCUT2D eigenvalue weighted by Crippen LogP contribution is 2.39. The number of para-hydroxylation sites is 2. The maximum Gasteiger partial charge on any atom is 0.433 e. The van der Waals surface area contributed by atoms with Crippen LogP contribution < -0.4 is 14.4 Å². The first-order valence-electron chi connectivity index (χ1n) is 13.3. The molecule has 1 saturated heterocycles. The van der Waals surface area contributed by atoms with E-state index in [0.717, 1.165) is 12.6 Å². The molecule has 0 bridgehead atoms. The summed E-state index contributed by atoms with van der Waals surface area (Å²) in [6.45, 7) is 1.26. The molecule has 0 spiro atoms. The van der Waals surface area contributed by atoms with E-state index in [0.29, 0.717) is 43.4 Å². The van der Waals surface area contributed by atoms with Crippen LogP contribution in [0.25, 0.3) is 11.1 Å². The molecular formula is C30H28ClF3N4O5. The standard InChI is InChI=1S/C30H28ClF3N4O5/c1-37(23-7-3-4-9-25(23)42-2)28(39)20-14-19(21-17-36-27(30(32,33)34)13-18(21)16-35)22(31)15-26(20)43-12-6-11-38-10-5-8-24(38)29(40)41/h3-4,7,9,13-15,17,24H,5-6,8,10-12H2,1-2H3,(H,40,41). The summed E-state index contributed by atoms with van der Waals surface area (Å²) in [7, 11) is 2.99. The molecule has 0 radical (unpaired) electrons. The van der Waals surface area contributed by atoms with Gasteiger partial charge >= 0.3 is 12.1 Å². The number of carboxylic acids is 1. The number of halogens is 4. The summed E-state index contributed by atoms with van der Waals surface area (Å²) >= 11 is 6.56. The number of ether oxygens (including phenoxy) is 2. The van der Waals surface area contributed by atoms with Crippen molar-refractivity contribution in [3.05, 3.63) is 70.5 Å². The molecule has 1 amide bonds. The van der Waals surface area contributed by atoms with Gasteiger partial charge in [0, 0.05) is 37.0 Å². The summed E-state index contributed by atoms with van der Waals surface area (Å²) in [5, 5.41) is 19.1. The van der Waals surface area contributed by atoms with E-state index < -0.39 is 29.8 Å². The smallest absolute Gasteiger partial charge is 0.433 e. The highest BCUT2D eigenvalue weighted by molar-refractivity contribution is 6.34. The second kappa shape index (κ2) is 13.3. The van der Waals surface area contributed by atoms with E-state index in [-0.39, 0.29) is 39.6 Å². The first kappa shape index (κ1) is 31.6. The minimum atomic E-state index is -4.76. The number of nitrogens with zero attached hydrogens (tertiary/aromatic N) is 4. The molecule has 4 rings (SSSR count). The Balaban J connectivity index is 1.70. The third-order valence-electron chi connectivity index (χ3n) is 7.15. The zero-order valence-corrected chi connectivity index (χ0v) is 24.1. The number of hydrogen-bond acceptors (Lipinski definition) is 7. The van der Waals surface area contributed by atoms with Gasteiger partial charge in [-0.25, -0.2) is 0 Å². The van der Waals surface area contributed by atoms with Gasteiger partial charge in [0.05, 0.1) is 41.6 Å². The van der Waals surface area contributed by atoms with Gasteiger partial charge in [-0.15, -0.1) is 0 Å². The number of anilines is 1. The van der Waals surface area contributed by atoms with E-state index in [1.807, 2.05) is 4.90 Å². The van der Waals surface area contributed by atoms with E-state index in [2.05, 4.69) is 4.98 Å². The van der Waals surface area contributed by atoms with Gasteiger partial charge in [0.25, 0.3) is 5.91 Å². The van der Waals surface area contributed by atoms with Crippen molar-refractivity contribution in [2.45, 2.75) is 31.5 Å². The first-order chi connectivity index (χ1) is 20.5. The predicted molar refractivity (Wildman–Crippen MR) is 152 cm³/mol. The molecule has 1 fully saturated rings. The number of methoxy groups -OCH3 is 1. The molecular weight excluding hydrogens is 589 g/mol. The third-order valence-corrected chi connectivity index (χ3v) is 7.46. The Bertz CT molecular complexity index is 1560. The number of alkyl halides is 3. The zero-order valence-electron chi connectivity index (χ0n) is 23.3. The molecule has 226 valence electrons. The zero-order chi connectivity index (χ0) is 31.3. The Kier molecular flexibility index (Phi) is 9.78.